The molecule has 0 fully saturated rings. The fourth-order valence-corrected chi connectivity index (χ4v) is 2.64. The van der Waals surface area contributed by atoms with Gasteiger partial charge in [0.25, 0.3) is 0 Å². The van der Waals surface area contributed by atoms with Crippen LogP contribution in [-0.2, 0) is 4.79 Å². The Balaban J connectivity index is 1.93. The topological polar surface area (TPSA) is 78.9 Å². The molecule has 0 radical (unpaired) electrons. The molecule has 3 N–H and O–H groups in total. The number of hydrogen-bond acceptors (Lipinski definition) is 5. The van der Waals surface area contributed by atoms with Gasteiger partial charge in [0.15, 0.2) is 0 Å². The quantitative estimate of drug-likeness (QED) is 0.595. The first-order valence-corrected chi connectivity index (χ1v) is 8.85. The maximum atomic E-state index is 11.3. The number of carbonyl (C=O) groups excluding carboxylic acids is 1. The van der Waals surface area contributed by atoms with Crippen LogP contribution in [0.1, 0.15) is 20.8 Å². The average molecular weight is 361 g/mol. The minimum absolute atomic E-state index is 0.113. The number of aromatic nitrogens is 2. The Morgan fingerprint density at radius 3 is 2.37 bits per heavy atom. The molecule has 0 aliphatic heterocycles. The number of nitrogens with zero attached hydrogens (tertiary/aromatic N) is 2. The molecule has 0 aliphatic carbocycles. The van der Waals surface area contributed by atoms with Crippen LogP contribution in [0, 0.1) is 0 Å². The van der Waals surface area contributed by atoms with Gasteiger partial charge in [-0.3, -0.25) is 4.79 Å². The Kier molecular flexibility index (Phi) is 5.66. The van der Waals surface area contributed by atoms with Crippen molar-refractivity contribution in [3.63, 3.8) is 0 Å². The summed E-state index contributed by atoms with van der Waals surface area (Å²) in [5.74, 6) is 1.12. The summed E-state index contributed by atoms with van der Waals surface area (Å²) in [5, 5.41) is 9.33. The second-order valence-electron chi connectivity index (χ2n) is 6.51. The van der Waals surface area contributed by atoms with Crippen LogP contribution in [0.25, 0.3) is 11.3 Å². The van der Waals surface area contributed by atoms with E-state index in [0.717, 1.165) is 22.8 Å². The Bertz CT molecular complexity index is 925. The molecule has 0 spiro atoms. The molecule has 0 saturated carbocycles. The van der Waals surface area contributed by atoms with Gasteiger partial charge in [-0.2, -0.15) is 4.98 Å². The minimum Gasteiger partial charge on any atom is -0.368 e. The van der Waals surface area contributed by atoms with Crippen molar-refractivity contribution in [2.24, 2.45) is 0 Å². The van der Waals surface area contributed by atoms with Crippen molar-refractivity contribution >= 4 is 29.0 Å². The molecule has 0 bridgehead atoms. The number of benzene rings is 2. The summed E-state index contributed by atoms with van der Waals surface area (Å²) >= 11 is 0. The van der Waals surface area contributed by atoms with Gasteiger partial charge in [0.1, 0.15) is 5.82 Å². The van der Waals surface area contributed by atoms with Gasteiger partial charge in [0.2, 0.25) is 11.9 Å². The van der Waals surface area contributed by atoms with E-state index in [0.29, 0.717) is 11.6 Å². The maximum Gasteiger partial charge on any atom is 0.229 e. The first kappa shape index (κ1) is 18.4. The highest BCUT2D eigenvalue weighted by Crippen LogP contribution is 2.24. The maximum absolute atomic E-state index is 11.3. The fraction of sp³-hybridized carbons (Fsp3) is 0.190. The Morgan fingerprint density at radius 2 is 1.67 bits per heavy atom. The van der Waals surface area contributed by atoms with Gasteiger partial charge in [0.05, 0.1) is 5.69 Å². The SMILES string of the molecule is CC(=O)Nc1cccc(Nc2nc(NC(C)C)cc(-c3ccccc3)n2)c1. The third kappa shape index (κ3) is 5.28. The lowest BCUT2D eigenvalue weighted by molar-refractivity contribution is -0.114. The molecule has 138 valence electrons. The second-order valence-corrected chi connectivity index (χ2v) is 6.51. The number of anilines is 4. The van der Waals surface area contributed by atoms with E-state index in [1.165, 1.54) is 6.92 Å². The number of hydrogen-bond donors (Lipinski definition) is 3. The average Bonchev–Trinajstić information content (AvgIpc) is 2.61. The highest BCUT2D eigenvalue weighted by atomic mass is 16.1. The van der Waals surface area contributed by atoms with Crippen LogP contribution in [-0.4, -0.2) is 21.9 Å². The zero-order chi connectivity index (χ0) is 19.2. The van der Waals surface area contributed by atoms with Gasteiger partial charge in [0, 0.05) is 36.0 Å². The van der Waals surface area contributed by atoms with Crippen molar-refractivity contribution in [1.29, 1.82) is 0 Å². The molecule has 0 unspecified atom stereocenters. The molecule has 0 saturated heterocycles. The van der Waals surface area contributed by atoms with E-state index >= 15 is 0 Å². The monoisotopic (exact) mass is 361 g/mol. The third-order valence-corrected chi connectivity index (χ3v) is 3.67. The van der Waals surface area contributed by atoms with Crippen molar-refractivity contribution in [3.05, 3.63) is 60.7 Å². The van der Waals surface area contributed by atoms with Crippen molar-refractivity contribution in [1.82, 2.24) is 9.97 Å². The molecule has 3 aromatic rings. The smallest absolute Gasteiger partial charge is 0.229 e. The Hall–Kier alpha value is -3.41. The summed E-state index contributed by atoms with van der Waals surface area (Å²) in [7, 11) is 0. The molecule has 6 heteroatoms. The van der Waals surface area contributed by atoms with E-state index in [-0.39, 0.29) is 11.9 Å². The second kappa shape index (κ2) is 8.31. The zero-order valence-electron chi connectivity index (χ0n) is 15.7. The minimum atomic E-state index is -0.113. The lowest BCUT2D eigenvalue weighted by Crippen LogP contribution is -2.12. The Labute approximate surface area is 159 Å². The first-order chi connectivity index (χ1) is 13.0. The molecule has 1 heterocycles. The predicted molar refractivity (Wildman–Crippen MR) is 110 cm³/mol. The Morgan fingerprint density at radius 1 is 0.926 bits per heavy atom. The highest BCUT2D eigenvalue weighted by molar-refractivity contribution is 5.89. The van der Waals surface area contributed by atoms with Gasteiger partial charge in [-0.1, -0.05) is 36.4 Å². The van der Waals surface area contributed by atoms with Crippen LogP contribution in [0.15, 0.2) is 60.7 Å². The summed E-state index contributed by atoms with van der Waals surface area (Å²) in [4.78, 5) is 20.5. The third-order valence-electron chi connectivity index (χ3n) is 3.67. The lowest BCUT2D eigenvalue weighted by Gasteiger charge is -2.14. The van der Waals surface area contributed by atoms with Gasteiger partial charge >= 0.3 is 0 Å². The van der Waals surface area contributed by atoms with Crippen LogP contribution in [0.4, 0.5) is 23.1 Å². The summed E-state index contributed by atoms with van der Waals surface area (Å²) in [6.45, 7) is 5.61. The normalized spacial score (nSPS) is 10.5. The van der Waals surface area contributed by atoms with Crippen LogP contribution < -0.4 is 16.0 Å². The fourth-order valence-electron chi connectivity index (χ4n) is 2.64. The highest BCUT2D eigenvalue weighted by Gasteiger charge is 2.08. The lowest BCUT2D eigenvalue weighted by atomic mass is 10.1. The van der Waals surface area contributed by atoms with E-state index in [2.05, 4.69) is 39.8 Å². The molecule has 27 heavy (non-hydrogen) atoms. The molecule has 3 rings (SSSR count). The molecule has 1 aromatic heterocycles. The molecule has 2 aromatic carbocycles. The van der Waals surface area contributed by atoms with Crippen molar-refractivity contribution in [3.8, 4) is 11.3 Å². The van der Waals surface area contributed by atoms with Gasteiger partial charge < -0.3 is 16.0 Å². The van der Waals surface area contributed by atoms with Crippen LogP contribution in [0.2, 0.25) is 0 Å². The van der Waals surface area contributed by atoms with E-state index < -0.39 is 0 Å². The number of carbonyl (C=O) groups is 1. The first-order valence-electron chi connectivity index (χ1n) is 8.85. The summed E-state index contributed by atoms with van der Waals surface area (Å²) in [5.41, 5.74) is 3.35. The van der Waals surface area contributed by atoms with Crippen molar-refractivity contribution < 1.29 is 4.79 Å². The molecule has 0 atom stereocenters. The van der Waals surface area contributed by atoms with Crippen LogP contribution in [0.3, 0.4) is 0 Å². The predicted octanol–water partition coefficient (Wildman–Crippen LogP) is 4.67. The standard InChI is InChI=1S/C21H23N5O/c1-14(2)22-20-13-19(16-8-5-4-6-9-16)25-21(26-20)24-18-11-7-10-17(12-18)23-15(3)27/h4-14H,1-3H3,(H,23,27)(H2,22,24,25,26). The van der Waals surface area contributed by atoms with Crippen molar-refractivity contribution in [2.75, 3.05) is 16.0 Å². The van der Waals surface area contributed by atoms with Gasteiger partial charge in [-0.15, -0.1) is 0 Å². The van der Waals surface area contributed by atoms with E-state index in [1.54, 1.807) is 0 Å². The van der Waals surface area contributed by atoms with Gasteiger partial charge in [-0.25, -0.2) is 4.98 Å². The number of rotatable bonds is 6. The van der Waals surface area contributed by atoms with Crippen LogP contribution in [0.5, 0.6) is 0 Å². The molecular formula is C21H23N5O. The van der Waals surface area contributed by atoms with E-state index in [4.69, 9.17) is 0 Å². The summed E-state index contributed by atoms with van der Waals surface area (Å²) in [6, 6.07) is 19.6. The number of amides is 1. The number of nitrogens with one attached hydrogen (secondary N) is 3. The molecule has 6 nitrogen and oxygen atoms in total. The summed E-state index contributed by atoms with van der Waals surface area (Å²) in [6.07, 6.45) is 0. The largest absolute Gasteiger partial charge is 0.368 e. The van der Waals surface area contributed by atoms with Gasteiger partial charge in [-0.05, 0) is 32.0 Å². The zero-order valence-corrected chi connectivity index (χ0v) is 15.7. The molecule has 0 aliphatic rings. The van der Waals surface area contributed by atoms with E-state index in [9.17, 15) is 4.79 Å². The molecular weight excluding hydrogens is 338 g/mol. The van der Waals surface area contributed by atoms with Crippen molar-refractivity contribution in [2.45, 2.75) is 26.8 Å². The van der Waals surface area contributed by atoms with Crippen LogP contribution >= 0.6 is 0 Å². The summed E-state index contributed by atoms with van der Waals surface area (Å²) < 4.78 is 0. The van der Waals surface area contributed by atoms with E-state index in [1.807, 2.05) is 60.7 Å². The molecule has 1 amide bonds.